The number of rotatable bonds is 3. The Morgan fingerprint density at radius 1 is 1.25 bits per heavy atom. The van der Waals surface area contributed by atoms with E-state index in [1.54, 1.807) is 4.90 Å². The smallest absolute Gasteiger partial charge is 0.315 e. The van der Waals surface area contributed by atoms with Crippen molar-refractivity contribution in [3.8, 4) is 0 Å². The minimum absolute atomic E-state index is 0.109. The number of carbonyl (C=O) groups is 2. The van der Waals surface area contributed by atoms with E-state index in [0.717, 1.165) is 30.1 Å². The van der Waals surface area contributed by atoms with Crippen molar-refractivity contribution in [2.24, 2.45) is 0 Å². The van der Waals surface area contributed by atoms with Gasteiger partial charge in [-0.25, -0.2) is 4.98 Å². The van der Waals surface area contributed by atoms with E-state index in [1.807, 2.05) is 0 Å². The third kappa shape index (κ3) is 3.92. The van der Waals surface area contributed by atoms with Gasteiger partial charge in [-0.3, -0.25) is 19.8 Å². The quantitative estimate of drug-likeness (QED) is 0.692. The maximum absolute atomic E-state index is 12.3. The molecule has 1 aromatic rings. The number of piperazine rings is 1. The van der Waals surface area contributed by atoms with Crippen molar-refractivity contribution >= 4 is 28.3 Å². The number of likely N-dealkylation sites (N-methyl/N-ethyl adjacent to an activating group) is 1. The number of β-amino-alcohol motifs (C(OH)–C–C–N with tert-alkyl or cyclic N) is 1. The van der Waals surface area contributed by atoms with Gasteiger partial charge >= 0.3 is 11.8 Å². The van der Waals surface area contributed by atoms with E-state index in [2.05, 4.69) is 27.1 Å². The summed E-state index contributed by atoms with van der Waals surface area (Å²) in [5.74, 6) is -1.13. The van der Waals surface area contributed by atoms with E-state index in [4.69, 9.17) is 5.11 Å². The molecule has 0 bridgehead atoms. The summed E-state index contributed by atoms with van der Waals surface area (Å²) in [6.07, 6.45) is 0.874. The van der Waals surface area contributed by atoms with Crippen molar-refractivity contribution in [2.75, 3.05) is 58.2 Å². The van der Waals surface area contributed by atoms with Crippen LogP contribution in [0.4, 0.5) is 5.13 Å². The number of aromatic nitrogens is 1. The minimum Gasteiger partial charge on any atom is -0.395 e. The van der Waals surface area contributed by atoms with Crippen LogP contribution in [0, 0.1) is 0 Å². The molecule has 1 aromatic heterocycles. The van der Waals surface area contributed by atoms with Gasteiger partial charge < -0.3 is 14.9 Å². The third-order valence-corrected chi connectivity index (χ3v) is 5.41. The average Bonchev–Trinajstić information content (AvgIpc) is 2.96. The van der Waals surface area contributed by atoms with E-state index < -0.39 is 11.8 Å². The molecular weight excluding hydrogens is 330 g/mol. The van der Waals surface area contributed by atoms with Crippen LogP contribution in [-0.2, 0) is 22.6 Å². The SMILES string of the molecule is CN1CCc2nc(NC(=O)C(=O)N3CCN(CCO)CC3)sc2C1. The highest BCUT2D eigenvalue weighted by molar-refractivity contribution is 7.16. The number of thiazole rings is 1. The van der Waals surface area contributed by atoms with Crippen molar-refractivity contribution in [1.29, 1.82) is 0 Å². The first-order valence-corrected chi connectivity index (χ1v) is 8.99. The van der Waals surface area contributed by atoms with Gasteiger partial charge in [0.1, 0.15) is 0 Å². The minimum atomic E-state index is -0.620. The zero-order chi connectivity index (χ0) is 17.1. The lowest BCUT2D eigenvalue weighted by Crippen LogP contribution is -2.52. The second-order valence-corrected chi connectivity index (χ2v) is 7.27. The second-order valence-electron chi connectivity index (χ2n) is 6.19. The molecule has 0 atom stereocenters. The fourth-order valence-corrected chi connectivity index (χ4v) is 4.07. The molecule has 3 rings (SSSR count). The van der Waals surface area contributed by atoms with Crippen molar-refractivity contribution in [2.45, 2.75) is 13.0 Å². The Balaban J connectivity index is 1.54. The topological polar surface area (TPSA) is 89.0 Å². The monoisotopic (exact) mass is 353 g/mol. The van der Waals surface area contributed by atoms with Gasteiger partial charge in [-0.05, 0) is 7.05 Å². The first-order chi connectivity index (χ1) is 11.6. The summed E-state index contributed by atoms with van der Waals surface area (Å²) < 4.78 is 0. The van der Waals surface area contributed by atoms with E-state index in [0.29, 0.717) is 37.9 Å². The van der Waals surface area contributed by atoms with Crippen molar-refractivity contribution in [3.63, 3.8) is 0 Å². The Bertz CT molecular complexity index is 612. The van der Waals surface area contributed by atoms with Gasteiger partial charge in [0.05, 0.1) is 12.3 Å². The van der Waals surface area contributed by atoms with Crippen LogP contribution in [0.25, 0.3) is 0 Å². The molecule has 8 nitrogen and oxygen atoms in total. The highest BCUT2D eigenvalue weighted by Gasteiger charge is 2.27. The molecule has 3 heterocycles. The zero-order valence-electron chi connectivity index (χ0n) is 13.8. The van der Waals surface area contributed by atoms with E-state index in [9.17, 15) is 9.59 Å². The predicted molar refractivity (Wildman–Crippen MR) is 90.9 cm³/mol. The summed E-state index contributed by atoms with van der Waals surface area (Å²) in [5, 5.41) is 12.1. The van der Waals surface area contributed by atoms with Crippen LogP contribution in [0.2, 0.25) is 0 Å². The molecule has 2 amide bonds. The van der Waals surface area contributed by atoms with Gasteiger partial charge in [0.25, 0.3) is 0 Å². The van der Waals surface area contributed by atoms with Crippen LogP contribution in [0.15, 0.2) is 0 Å². The number of aliphatic hydroxyl groups is 1. The number of hydrogen-bond donors (Lipinski definition) is 2. The number of carbonyl (C=O) groups excluding carboxylic acids is 2. The third-order valence-electron chi connectivity index (χ3n) is 4.41. The summed E-state index contributed by atoms with van der Waals surface area (Å²) in [6, 6.07) is 0. The number of amides is 2. The number of nitrogens with one attached hydrogen (secondary N) is 1. The molecule has 2 aliphatic rings. The molecule has 2 N–H and O–H groups in total. The highest BCUT2D eigenvalue weighted by atomic mass is 32.1. The van der Waals surface area contributed by atoms with Gasteiger partial charge in [0.15, 0.2) is 5.13 Å². The Morgan fingerprint density at radius 3 is 2.71 bits per heavy atom. The molecule has 1 fully saturated rings. The molecule has 0 unspecified atom stereocenters. The van der Waals surface area contributed by atoms with Gasteiger partial charge in [0.2, 0.25) is 0 Å². The van der Waals surface area contributed by atoms with Crippen LogP contribution >= 0.6 is 11.3 Å². The molecule has 0 aliphatic carbocycles. The molecule has 2 aliphatic heterocycles. The van der Waals surface area contributed by atoms with Gasteiger partial charge in [-0.1, -0.05) is 0 Å². The van der Waals surface area contributed by atoms with E-state index in [-0.39, 0.29) is 6.61 Å². The molecule has 1 saturated heterocycles. The summed E-state index contributed by atoms with van der Waals surface area (Å²) in [6.45, 7) is 4.88. The Hall–Kier alpha value is -1.55. The number of aliphatic hydroxyl groups excluding tert-OH is 1. The Kier molecular flexibility index (Phi) is 5.44. The molecule has 132 valence electrons. The van der Waals surface area contributed by atoms with E-state index >= 15 is 0 Å². The zero-order valence-corrected chi connectivity index (χ0v) is 14.6. The van der Waals surface area contributed by atoms with Gasteiger partial charge in [-0.15, -0.1) is 11.3 Å². The number of anilines is 1. The number of hydrogen-bond acceptors (Lipinski definition) is 7. The van der Waals surface area contributed by atoms with Crippen molar-refractivity contribution in [1.82, 2.24) is 19.7 Å². The lowest BCUT2D eigenvalue weighted by atomic mass is 10.2. The lowest BCUT2D eigenvalue weighted by molar-refractivity contribution is -0.144. The van der Waals surface area contributed by atoms with Crippen molar-refractivity contribution in [3.05, 3.63) is 10.6 Å². The maximum Gasteiger partial charge on any atom is 0.315 e. The summed E-state index contributed by atoms with van der Waals surface area (Å²) in [5.41, 5.74) is 1.03. The molecule has 24 heavy (non-hydrogen) atoms. The largest absolute Gasteiger partial charge is 0.395 e. The first-order valence-electron chi connectivity index (χ1n) is 8.17. The predicted octanol–water partition coefficient (Wildman–Crippen LogP) is -0.794. The maximum atomic E-state index is 12.3. The molecule has 9 heteroatoms. The summed E-state index contributed by atoms with van der Waals surface area (Å²) >= 11 is 1.45. The van der Waals surface area contributed by atoms with Gasteiger partial charge in [-0.2, -0.15) is 0 Å². The average molecular weight is 353 g/mol. The second kappa shape index (κ2) is 7.56. The normalized spacial score (nSPS) is 19.2. The molecule has 0 radical (unpaired) electrons. The van der Waals surface area contributed by atoms with Crippen LogP contribution < -0.4 is 5.32 Å². The van der Waals surface area contributed by atoms with Crippen LogP contribution in [0.5, 0.6) is 0 Å². The summed E-state index contributed by atoms with van der Waals surface area (Å²) in [4.78, 5) is 35.9. The Morgan fingerprint density at radius 2 is 2.00 bits per heavy atom. The standard InChI is InChI=1S/C15H23N5O3S/c1-18-3-2-11-12(10-18)24-15(16-11)17-13(22)14(23)20-6-4-19(5-7-20)8-9-21/h21H,2-10H2,1H3,(H,16,17,22). The number of nitrogens with zero attached hydrogens (tertiary/aromatic N) is 4. The highest BCUT2D eigenvalue weighted by Crippen LogP contribution is 2.27. The molecular formula is C15H23N5O3S. The van der Waals surface area contributed by atoms with Crippen LogP contribution in [0.1, 0.15) is 10.6 Å². The summed E-state index contributed by atoms with van der Waals surface area (Å²) in [7, 11) is 2.06. The van der Waals surface area contributed by atoms with Crippen LogP contribution in [0.3, 0.4) is 0 Å². The molecule has 0 saturated carbocycles. The molecule has 0 spiro atoms. The fraction of sp³-hybridized carbons (Fsp3) is 0.667. The van der Waals surface area contributed by atoms with Crippen LogP contribution in [-0.4, -0.2) is 89.5 Å². The first kappa shape index (κ1) is 17.3. The lowest BCUT2D eigenvalue weighted by Gasteiger charge is -2.33. The van der Waals surface area contributed by atoms with Gasteiger partial charge in [0, 0.05) is 57.1 Å². The van der Waals surface area contributed by atoms with Crippen molar-refractivity contribution < 1.29 is 14.7 Å². The Labute approximate surface area is 145 Å². The molecule has 0 aromatic carbocycles. The van der Waals surface area contributed by atoms with E-state index in [1.165, 1.54) is 11.3 Å². The fourth-order valence-electron chi connectivity index (χ4n) is 2.99. The number of fused-ring (bicyclic) bond motifs is 1.